The average molecular weight is 255 g/mol. The van der Waals surface area contributed by atoms with Crippen LogP contribution < -0.4 is 11.1 Å². The van der Waals surface area contributed by atoms with Gasteiger partial charge in [-0.3, -0.25) is 4.79 Å². The molecule has 0 saturated carbocycles. The molecular formula is C13H25N3O2. The number of ether oxygens (including phenoxy) is 1. The summed E-state index contributed by atoms with van der Waals surface area (Å²) in [6.07, 6.45) is 0.971. The fraction of sp³-hybridized carbons (Fsp3) is 0.923. The first-order chi connectivity index (χ1) is 8.35. The summed E-state index contributed by atoms with van der Waals surface area (Å²) in [5.41, 5.74) is 5.27. The van der Waals surface area contributed by atoms with E-state index in [1.54, 1.807) is 4.90 Å². The molecule has 2 saturated heterocycles. The predicted octanol–water partition coefficient (Wildman–Crippen LogP) is -0.192. The van der Waals surface area contributed by atoms with Gasteiger partial charge in [0.2, 0.25) is 5.91 Å². The van der Waals surface area contributed by atoms with E-state index in [2.05, 4.69) is 5.32 Å². The number of fused-ring (bicyclic) bond motifs is 1. The Balaban J connectivity index is 2.11. The van der Waals surface area contributed by atoms with Crippen LogP contribution in [0.25, 0.3) is 0 Å². The van der Waals surface area contributed by atoms with E-state index in [0.29, 0.717) is 19.1 Å². The number of amides is 1. The summed E-state index contributed by atoms with van der Waals surface area (Å²) in [4.78, 5) is 14.5. The maximum Gasteiger partial charge on any atom is 0.232 e. The van der Waals surface area contributed by atoms with Crippen LogP contribution in [-0.2, 0) is 9.53 Å². The standard InChI is InChI=1S/C13H25N3O2/c1-12(2,14)8-16(3)11(17)13-7-15-6-10(13)4-5-18-9-13/h10,15H,4-9,14H2,1-3H3/t10-,13+/m1/s1. The van der Waals surface area contributed by atoms with Gasteiger partial charge in [0.25, 0.3) is 0 Å². The molecule has 2 atom stereocenters. The molecule has 0 aromatic carbocycles. The third-order valence-electron chi connectivity index (χ3n) is 4.00. The van der Waals surface area contributed by atoms with Crippen LogP contribution in [0.5, 0.6) is 0 Å². The molecule has 104 valence electrons. The highest BCUT2D eigenvalue weighted by atomic mass is 16.5. The summed E-state index contributed by atoms with van der Waals surface area (Å²) in [6, 6.07) is 0. The molecule has 2 heterocycles. The molecule has 2 fully saturated rings. The molecule has 0 unspecified atom stereocenters. The second kappa shape index (κ2) is 4.79. The molecule has 0 radical (unpaired) electrons. The van der Waals surface area contributed by atoms with Gasteiger partial charge >= 0.3 is 0 Å². The summed E-state index contributed by atoms with van der Waals surface area (Å²) < 4.78 is 5.57. The van der Waals surface area contributed by atoms with E-state index in [0.717, 1.165) is 26.1 Å². The van der Waals surface area contributed by atoms with Crippen molar-refractivity contribution < 1.29 is 9.53 Å². The Labute approximate surface area is 109 Å². The van der Waals surface area contributed by atoms with E-state index < -0.39 is 0 Å². The molecule has 0 aromatic heterocycles. The highest BCUT2D eigenvalue weighted by molar-refractivity contribution is 5.84. The molecule has 0 spiro atoms. The highest BCUT2D eigenvalue weighted by Gasteiger charge is 2.52. The van der Waals surface area contributed by atoms with Gasteiger partial charge in [0.15, 0.2) is 0 Å². The zero-order valence-electron chi connectivity index (χ0n) is 11.7. The van der Waals surface area contributed by atoms with Crippen molar-refractivity contribution in [2.45, 2.75) is 25.8 Å². The first-order valence-corrected chi connectivity index (χ1v) is 6.68. The van der Waals surface area contributed by atoms with Crippen LogP contribution in [0.4, 0.5) is 0 Å². The quantitative estimate of drug-likeness (QED) is 0.733. The van der Waals surface area contributed by atoms with Crippen molar-refractivity contribution in [2.75, 3.05) is 39.9 Å². The number of nitrogens with zero attached hydrogens (tertiary/aromatic N) is 1. The zero-order valence-corrected chi connectivity index (χ0v) is 11.7. The van der Waals surface area contributed by atoms with E-state index in [-0.39, 0.29) is 16.9 Å². The minimum Gasteiger partial charge on any atom is -0.380 e. The third kappa shape index (κ3) is 2.53. The monoisotopic (exact) mass is 255 g/mol. The molecule has 1 amide bonds. The number of nitrogens with two attached hydrogens (primary N) is 1. The lowest BCUT2D eigenvalue weighted by molar-refractivity contribution is -0.151. The Bertz CT molecular complexity index is 327. The lowest BCUT2D eigenvalue weighted by atomic mass is 9.74. The fourth-order valence-corrected chi connectivity index (χ4v) is 3.21. The maximum absolute atomic E-state index is 12.7. The predicted molar refractivity (Wildman–Crippen MR) is 70.1 cm³/mol. The molecule has 0 aromatic rings. The number of rotatable bonds is 3. The van der Waals surface area contributed by atoms with E-state index in [4.69, 9.17) is 10.5 Å². The average Bonchev–Trinajstić information content (AvgIpc) is 2.70. The molecule has 0 aliphatic carbocycles. The lowest BCUT2D eigenvalue weighted by Gasteiger charge is -2.40. The topological polar surface area (TPSA) is 67.6 Å². The number of carbonyl (C=O) groups is 1. The van der Waals surface area contributed by atoms with Crippen LogP contribution in [0, 0.1) is 11.3 Å². The van der Waals surface area contributed by atoms with Crippen molar-refractivity contribution in [3.8, 4) is 0 Å². The number of likely N-dealkylation sites (N-methyl/N-ethyl adjacent to an activating group) is 1. The molecule has 0 bridgehead atoms. The third-order valence-corrected chi connectivity index (χ3v) is 4.00. The smallest absolute Gasteiger partial charge is 0.232 e. The molecule has 3 N–H and O–H groups in total. The van der Waals surface area contributed by atoms with E-state index in [1.807, 2.05) is 20.9 Å². The van der Waals surface area contributed by atoms with Crippen LogP contribution in [-0.4, -0.2) is 56.2 Å². The highest BCUT2D eigenvalue weighted by Crippen LogP contribution is 2.39. The van der Waals surface area contributed by atoms with E-state index >= 15 is 0 Å². The van der Waals surface area contributed by atoms with Crippen molar-refractivity contribution in [2.24, 2.45) is 17.1 Å². The molecule has 2 aliphatic rings. The Hall–Kier alpha value is -0.650. The molecule has 5 nitrogen and oxygen atoms in total. The van der Waals surface area contributed by atoms with Crippen LogP contribution in [0.2, 0.25) is 0 Å². The van der Waals surface area contributed by atoms with Gasteiger partial charge in [0, 0.05) is 32.3 Å². The minimum absolute atomic E-state index is 0.177. The SMILES string of the molecule is CN(CC(C)(C)N)C(=O)[C@]12CNC[C@H]1CCOC2. The summed E-state index contributed by atoms with van der Waals surface area (Å²) in [5, 5.41) is 3.34. The minimum atomic E-state index is -0.363. The van der Waals surface area contributed by atoms with Gasteiger partial charge < -0.3 is 20.7 Å². The summed E-state index contributed by atoms with van der Waals surface area (Å²) in [7, 11) is 1.84. The molecular weight excluding hydrogens is 230 g/mol. The first-order valence-electron chi connectivity index (χ1n) is 6.68. The fourth-order valence-electron chi connectivity index (χ4n) is 3.21. The maximum atomic E-state index is 12.7. The zero-order chi connectivity index (χ0) is 13.4. The number of carbonyl (C=O) groups excluding carboxylic acids is 1. The van der Waals surface area contributed by atoms with Gasteiger partial charge in [-0.1, -0.05) is 0 Å². The number of hydrogen-bond donors (Lipinski definition) is 2. The number of nitrogens with one attached hydrogen (secondary N) is 1. The lowest BCUT2D eigenvalue weighted by Crippen LogP contribution is -2.55. The Morgan fingerprint density at radius 3 is 3.00 bits per heavy atom. The Morgan fingerprint density at radius 1 is 1.61 bits per heavy atom. The van der Waals surface area contributed by atoms with Crippen molar-refractivity contribution >= 4 is 5.91 Å². The van der Waals surface area contributed by atoms with Crippen LogP contribution in [0.1, 0.15) is 20.3 Å². The normalized spacial score (nSPS) is 32.1. The van der Waals surface area contributed by atoms with Gasteiger partial charge in [-0.05, 0) is 32.7 Å². The summed E-state index contributed by atoms with van der Waals surface area (Å²) in [6.45, 7) is 7.42. The van der Waals surface area contributed by atoms with Crippen molar-refractivity contribution in [3.05, 3.63) is 0 Å². The Kier molecular flexibility index (Phi) is 3.67. The molecule has 2 aliphatic heterocycles. The molecule has 2 rings (SSSR count). The molecule has 5 heteroatoms. The second-order valence-corrected chi connectivity index (χ2v) is 6.48. The van der Waals surface area contributed by atoms with Crippen LogP contribution >= 0.6 is 0 Å². The van der Waals surface area contributed by atoms with Gasteiger partial charge in [-0.15, -0.1) is 0 Å². The van der Waals surface area contributed by atoms with Crippen LogP contribution in [0.15, 0.2) is 0 Å². The van der Waals surface area contributed by atoms with Gasteiger partial charge in [0.05, 0.1) is 12.0 Å². The van der Waals surface area contributed by atoms with Crippen molar-refractivity contribution in [1.29, 1.82) is 0 Å². The van der Waals surface area contributed by atoms with E-state index in [1.165, 1.54) is 0 Å². The largest absolute Gasteiger partial charge is 0.380 e. The number of hydrogen-bond acceptors (Lipinski definition) is 4. The first kappa shape index (κ1) is 13.8. The Morgan fingerprint density at radius 2 is 2.33 bits per heavy atom. The summed E-state index contributed by atoms with van der Waals surface area (Å²) >= 11 is 0. The summed E-state index contributed by atoms with van der Waals surface area (Å²) in [5.74, 6) is 0.581. The van der Waals surface area contributed by atoms with Gasteiger partial charge in [0.1, 0.15) is 0 Å². The van der Waals surface area contributed by atoms with E-state index in [9.17, 15) is 4.79 Å². The van der Waals surface area contributed by atoms with Crippen molar-refractivity contribution in [1.82, 2.24) is 10.2 Å². The second-order valence-electron chi connectivity index (χ2n) is 6.48. The molecule has 18 heavy (non-hydrogen) atoms. The van der Waals surface area contributed by atoms with Crippen molar-refractivity contribution in [3.63, 3.8) is 0 Å². The van der Waals surface area contributed by atoms with Gasteiger partial charge in [-0.2, -0.15) is 0 Å². The van der Waals surface area contributed by atoms with Gasteiger partial charge in [-0.25, -0.2) is 0 Å². The van der Waals surface area contributed by atoms with Crippen LogP contribution in [0.3, 0.4) is 0 Å².